The molecule has 0 aromatic rings. The van der Waals surface area contributed by atoms with Gasteiger partial charge in [-0.3, -0.25) is 0 Å². The molecule has 0 radical (unpaired) electrons. The van der Waals surface area contributed by atoms with Crippen LogP contribution in [0.4, 0.5) is 0 Å². The number of nitrogens with one attached hydrogen (secondary N) is 1. The Balaban J connectivity index is 2.30. The Morgan fingerprint density at radius 3 is 2.62 bits per heavy atom. The topological polar surface area (TPSA) is 12.0 Å². The zero-order valence-electron chi connectivity index (χ0n) is 5.78. The second-order valence-electron chi connectivity index (χ2n) is 2.73. The molecule has 1 saturated heterocycles. The number of hydrogen-bond donors (Lipinski definition) is 1. The average Bonchev–Trinajstić information content (AvgIpc) is 2.14. The Bertz CT molecular complexity index is 70.8. The van der Waals surface area contributed by atoms with Crippen LogP contribution in [-0.2, 0) is 0 Å². The van der Waals surface area contributed by atoms with Gasteiger partial charge in [0.15, 0.2) is 0 Å². The zero-order valence-corrected chi connectivity index (χ0v) is 5.78. The molecule has 0 spiro atoms. The minimum Gasteiger partial charge on any atom is -0.314 e. The molecule has 0 amide bonds. The molecule has 0 aromatic carbocycles. The molecule has 1 aliphatic heterocycles. The van der Waals surface area contributed by atoms with Crippen molar-refractivity contribution in [1.29, 1.82) is 0 Å². The van der Waals surface area contributed by atoms with Gasteiger partial charge in [0.05, 0.1) is 0 Å². The first-order chi connectivity index (χ1) is 3.84. The highest BCUT2D eigenvalue weighted by Gasteiger charge is 2.19. The van der Waals surface area contributed by atoms with E-state index in [1.165, 1.54) is 19.4 Å². The van der Waals surface area contributed by atoms with Crippen LogP contribution in [-0.4, -0.2) is 12.6 Å². The fourth-order valence-corrected chi connectivity index (χ4v) is 1.45. The Morgan fingerprint density at radius 2 is 2.38 bits per heavy atom. The molecule has 48 valence electrons. The van der Waals surface area contributed by atoms with Crippen LogP contribution < -0.4 is 5.32 Å². The van der Waals surface area contributed by atoms with Gasteiger partial charge in [0.25, 0.3) is 0 Å². The number of hydrogen-bond acceptors (Lipinski definition) is 1. The van der Waals surface area contributed by atoms with Crippen LogP contribution in [0.2, 0.25) is 0 Å². The molecule has 2 atom stereocenters. The molecule has 1 fully saturated rings. The van der Waals surface area contributed by atoms with Crippen LogP contribution in [0.25, 0.3) is 0 Å². The van der Waals surface area contributed by atoms with Crippen molar-refractivity contribution in [3.8, 4) is 0 Å². The van der Waals surface area contributed by atoms with E-state index in [4.69, 9.17) is 0 Å². The summed E-state index contributed by atoms with van der Waals surface area (Å²) in [6, 6.07) is 0.815. The predicted octanol–water partition coefficient (Wildman–Crippen LogP) is 1.39. The summed E-state index contributed by atoms with van der Waals surface area (Å²) in [7, 11) is 0. The van der Waals surface area contributed by atoms with Gasteiger partial charge in [-0.05, 0) is 25.3 Å². The standard InChI is InChI=1S/C7H15N/c1-3-7-6(2)4-5-8-7/h6-8H,3-5H2,1-2H3/t6-,7+/m0/s1. The minimum absolute atomic E-state index is 0.815. The highest BCUT2D eigenvalue weighted by atomic mass is 14.9. The maximum Gasteiger partial charge on any atom is 0.00905 e. The molecule has 1 N–H and O–H groups in total. The van der Waals surface area contributed by atoms with Crippen LogP contribution in [0.1, 0.15) is 26.7 Å². The van der Waals surface area contributed by atoms with Crippen molar-refractivity contribution in [3.05, 3.63) is 0 Å². The van der Waals surface area contributed by atoms with Crippen LogP contribution >= 0.6 is 0 Å². The molecule has 0 saturated carbocycles. The lowest BCUT2D eigenvalue weighted by atomic mass is 10.0. The van der Waals surface area contributed by atoms with Crippen molar-refractivity contribution < 1.29 is 0 Å². The van der Waals surface area contributed by atoms with Crippen molar-refractivity contribution in [2.45, 2.75) is 32.7 Å². The quantitative estimate of drug-likeness (QED) is 0.542. The van der Waals surface area contributed by atoms with Gasteiger partial charge in [0, 0.05) is 6.04 Å². The Hall–Kier alpha value is -0.0400. The lowest BCUT2D eigenvalue weighted by molar-refractivity contribution is 0.470. The summed E-state index contributed by atoms with van der Waals surface area (Å²) in [6.07, 6.45) is 2.67. The van der Waals surface area contributed by atoms with E-state index in [-0.39, 0.29) is 0 Å². The van der Waals surface area contributed by atoms with E-state index in [1.807, 2.05) is 0 Å². The third-order valence-electron chi connectivity index (χ3n) is 2.13. The van der Waals surface area contributed by atoms with Crippen LogP contribution in [0.5, 0.6) is 0 Å². The van der Waals surface area contributed by atoms with Gasteiger partial charge < -0.3 is 5.32 Å². The minimum atomic E-state index is 0.815. The van der Waals surface area contributed by atoms with Gasteiger partial charge in [-0.2, -0.15) is 0 Å². The third-order valence-corrected chi connectivity index (χ3v) is 2.13. The zero-order chi connectivity index (χ0) is 5.98. The second kappa shape index (κ2) is 2.49. The molecule has 8 heavy (non-hydrogen) atoms. The van der Waals surface area contributed by atoms with E-state index in [2.05, 4.69) is 19.2 Å². The first kappa shape index (κ1) is 6.09. The summed E-state index contributed by atoms with van der Waals surface area (Å²) >= 11 is 0. The highest BCUT2D eigenvalue weighted by Crippen LogP contribution is 2.15. The molecule has 0 bridgehead atoms. The normalized spacial score (nSPS) is 38.2. The summed E-state index contributed by atoms with van der Waals surface area (Å²) in [5.74, 6) is 0.917. The SMILES string of the molecule is CC[C@H]1NCC[C@@H]1C. The number of rotatable bonds is 1. The largest absolute Gasteiger partial charge is 0.314 e. The average molecular weight is 113 g/mol. The fraction of sp³-hybridized carbons (Fsp3) is 1.00. The molecule has 1 nitrogen and oxygen atoms in total. The smallest absolute Gasteiger partial charge is 0.00905 e. The van der Waals surface area contributed by atoms with E-state index >= 15 is 0 Å². The molecule has 1 heteroatoms. The van der Waals surface area contributed by atoms with E-state index in [0.29, 0.717) is 0 Å². The van der Waals surface area contributed by atoms with Gasteiger partial charge in [-0.1, -0.05) is 13.8 Å². The lowest BCUT2D eigenvalue weighted by Gasteiger charge is -2.10. The fourth-order valence-electron chi connectivity index (χ4n) is 1.45. The summed E-state index contributed by atoms with van der Waals surface area (Å²) in [6.45, 7) is 5.81. The van der Waals surface area contributed by atoms with Gasteiger partial charge in [0.2, 0.25) is 0 Å². The molecule has 0 unspecified atom stereocenters. The van der Waals surface area contributed by atoms with Crippen molar-refractivity contribution in [2.75, 3.05) is 6.54 Å². The van der Waals surface area contributed by atoms with E-state index in [0.717, 1.165) is 12.0 Å². The third kappa shape index (κ3) is 1.03. The Labute approximate surface area is 51.5 Å². The molecule has 1 aliphatic rings. The summed E-state index contributed by atoms with van der Waals surface area (Å²) in [4.78, 5) is 0. The Kier molecular flexibility index (Phi) is 1.90. The van der Waals surface area contributed by atoms with Gasteiger partial charge in [-0.15, -0.1) is 0 Å². The maximum absolute atomic E-state index is 3.46. The van der Waals surface area contributed by atoms with E-state index in [9.17, 15) is 0 Å². The van der Waals surface area contributed by atoms with Crippen molar-refractivity contribution >= 4 is 0 Å². The molecule has 0 aliphatic carbocycles. The van der Waals surface area contributed by atoms with Crippen LogP contribution in [0.3, 0.4) is 0 Å². The summed E-state index contributed by atoms with van der Waals surface area (Å²) in [5.41, 5.74) is 0. The van der Waals surface area contributed by atoms with E-state index < -0.39 is 0 Å². The van der Waals surface area contributed by atoms with Crippen molar-refractivity contribution in [3.63, 3.8) is 0 Å². The Morgan fingerprint density at radius 1 is 1.62 bits per heavy atom. The van der Waals surface area contributed by atoms with Crippen molar-refractivity contribution in [1.82, 2.24) is 5.32 Å². The van der Waals surface area contributed by atoms with Crippen LogP contribution in [0.15, 0.2) is 0 Å². The van der Waals surface area contributed by atoms with Crippen LogP contribution in [0, 0.1) is 5.92 Å². The highest BCUT2D eigenvalue weighted by molar-refractivity contribution is 4.78. The monoisotopic (exact) mass is 113 g/mol. The molecular weight excluding hydrogens is 98.1 g/mol. The first-order valence-corrected chi connectivity index (χ1v) is 3.58. The lowest BCUT2D eigenvalue weighted by Crippen LogP contribution is -2.24. The molecule has 1 rings (SSSR count). The second-order valence-corrected chi connectivity index (χ2v) is 2.73. The summed E-state index contributed by atoms with van der Waals surface area (Å²) in [5, 5.41) is 3.46. The first-order valence-electron chi connectivity index (χ1n) is 3.58. The van der Waals surface area contributed by atoms with Crippen molar-refractivity contribution in [2.24, 2.45) is 5.92 Å². The van der Waals surface area contributed by atoms with Gasteiger partial charge in [0.1, 0.15) is 0 Å². The molecule has 1 heterocycles. The predicted molar refractivity (Wildman–Crippen MR) is 35.9 cm³/mol. The van der Waals surface area contributed by atoms with E-state index in [1.54, 1.807) is 0 Å². The molecular formula is C7H15N. The summed E-state index contributed by atoms with van der Waals surface area (Å²) < 4.78 is 0. The van der Waals surface area contributed by atoms with Gasteiger partial charge in [-0.25, -0.2) is 0 Å². The molecule has 0 aromatic heterocycles. The van der Waals surface area contributed by atoms with Gasteiger partial charge >= 0.3 is 0 Å². The maximum atomic E-state index is 3.46.